The van der Waals surface area contributed by atoms with Crippen molar-refractivity contribution in [3.05, 3.63) is 58.4 Å². The molecule has 1 N–H and O–H groups in total. The van der Waals surface area contributed by atoms with Crippen LogP contribution in [0.1, 0.15) is 15.9 Å². The maximum Gasteiger partial charge on any atom is 0.256 e. The van der Waals surface area contributed by atoms with E-state index in [0.717, 1.165) is 6.26 Å². The summed E-state index contributed by atoms with van der Waals surface area (Å²) in [4.78, 5) is 12.3. The van der Waals surface area contributed by atoms with Crippen molar-refractivity contribution in [2.75, 3.05) is 11.6 Å². The molecule has 2 aromatic rings. The molecule has 0 aliphatic rings. The Bertz CT molecular complexity index is 850. The summed E-state index contributed by atoms with van der Waals surface area (Å²) in [5.41, 5.74) is 0.663. The summed E-state index contributed by atoms with van der Waals surface area (Å²) >= 11 is 5.65. The zero-order chi connectivity index (χ0) is 16.5. The number of nitrogens with one attached hydrogen (secondary N) is 1. The van der Waals surface area contributed by atoms with Crippen molar-refractivity contribution < 1.29 is 17.6 Å². The molecule has 1 amide bonds. The number of benzene rings is 2. The van der Waals surface area contributed by atoms with E-state index in [1.165, 1.54) is 36.4 Å². The largest absolute Gasteiger partial charge is 0.319 e. The number of aryl methyl sites for hydroxylation is 1. The Balaban J connectivity index is 2.40. The molecule has 7 heteroatoms. The van der Waals surface area contributed by atoms with Crippen LogP contribution in [0, 0.1) is 12.7 Å². The van der Waals surface area contributed by atoms with E-state index in [9.17, 15) is 17.6 Å². The van der Waals surface area contributed by atoms with Crippen LogP contribution in [0.5, 0.6) is 0 Å². The van der Waals surface area contributed by atoms with Gasteiger partial charge in [0.2, 0.25) is 0 Å². The fraction of sp³-hybridized carbons (Fsp3) is 0.133. The molecule has 22 heavy (non-hydrogen) atoms. The highest BCUT2D eigenvalue weighted by molar-refractivity contribution is 7.90. The number of carbonyl (C=O) groups is 1. The summed E-state index contributed by atoms with van der Waals surface area (Å²) in [6.45, 7) is 1.66. The average molecular weight is 342 g/mol. The molecule has 0 fully saturated rings. The molecule has 0 spiro atoms. The molecule has 0 heterocycles. The van der Waals surface area contributed by atoms with Crippen LogP contribution in [0.3, 0.4) is 0 Å². The molecular formula is C15H13ClFNO3S. The number of hydrogen-bond donors (Lipinski definition) is 1. The van der Waals surface area contributed by atoms with Gasteiger partial charge >= 0.3 is 0 Å². The summed E-state index contributed by atoms with van der Waals surface area (Å²) in [6.07, 6.45) is 1.05. The fourth-order valence-corrected chi connectivity index (χ4v) is 2.69. The number of sulfone groups is 1. The van der Waals surface area contributed by atoms with E-state index in [0.29, 0.717) is 5.56 Å². The van der Waals surface area contributed by atoms with Crippen molar-refractivity contribution in [3.63, 3.8) is 0 Å². The van der Waals surface area contributed by atoms with Gasteiger partial charge in [-0.3, -0.25) is 4.79 Å². The molecule has 0 saturated heterocycles. The lowest BCUT2D eigenvalue weighted by Crippen LogP contribution is -2.15. The number of halogens is 2. The molecular weight excluding hydrogens is 329 g/mol. The molecule has 0 atom stereocenters. The topological polar surface area (TPSA) is 63.2 Å². The van der Waals surface area contributed by atoms with Gasteiger partial charge in [-0.2, -0.15) is 0 Å². The first-order valence-electron chi connectivity index (χ1n) is 6.26. The second-order valence-corrected chi connectivity index (χ2v) is 7.23. The molecule has 0 saturated carbocycles. The van der Waals surface area contributed by atoms with E-state index in [4.69, 9.17) is 11.6 Å². The third-order valence-electron chi connectivity index (χ3n) is 3.08. The van der Waals surface area contributed by atoms with Gasteiger partial charge in [0.15, 0.2) is 15.7 Å². The van der Waals surface area contributed by atoms with Crippen LogP contribution in [-0.2, 0) is 9.84 Å². The normalized spacial score (nSPS) is 11.3. The number of amides is 1. The Hall–Kier alpha value is -1.92. The van der Waals surface area contributed by atoms with Crippen LogP contribution >= 0.6 is 11.6 Å². The van der Waals surface area contributed by atoms with E-state index in [2.05, 4.69) is 5.32 Å². The maximum absolute atomic E-state index is 13.8. The zero-order valence-corrected chi connectivity index (χ0v) is 13.4. The Labute approximate surface area is 132 Å². The zero-order valence-electron chi connectivity index (χ0n) is 11.9. The van der Waals surface area contributed by atoms with E-state index < -0.39 is 21.6 Å². The Morgan fingerprint density at radius 3 is 2.55 bits per heavy atom. The quantitative estimate of drug-likeness (QED) is 0.930. The second kappa shape index (κ2) is 6.06. The smallest absolute Gasteiger partial charge is 0.256 e. The first-order chi connectivity index (χ1) is 10.2. The number of hydrogen-bond acceptors (Lipinski definition) is 3. The summed E-state index contributed by atoms with van der Waals surface area (Å²) in [5, 5.41) is 2.28. The van der Waals surface area contributed by atoms with Gasteiger partial charge in [-0.1, -0.05) is 23.7 Å². The lowest BCUT2D eigenvalue weighted by atomic mass is 10.1. The minimum Gasteiger partial charge on any atom is -0.319 e. The van der Waals surface area contributed by atoms with E-state index in [1.807, 2.05) is 0 Å². The molecule has 0 bridgehead atoms. The summed E-state index contributed by atoms with van der Waals surface area (Å²) in [5.74, 6) is -1.35. The lowest BCUT2D eigenvalue weighted by Gasteiger charge is -2.10. The Kier molecular flexibility index (Phi) is 4.53. The van der Waals surface area contributed by atoms with Gasteiger partial charge in [0.25, 0.3) is 5.91 Å². The molecule has 0 aliphatic carbocycles. The van der Waals surface area contributed by atoms with E-state index in [-0.39, 0.29) is 21.2 Å². The Morgan fingerprint density at radius 2 is 1.91 bits per heavy atom. The molecule has 0 unspecified atom stereocenters. The minimum absolute atomic E-state index is 0.0230. The van der Waals surface area contributed by atoms with Crippen molar-refractivity contribution in [2.45, 2.75) is 11.8 Å². The Morgan fingerprint density at radius 1 is 1.23 bits per heavy atom. The van der Waals surface area contributed by atoms with E-state index in [1.54, 1.807) is 6.92 Å². The first-order valence-corrected chi connectivity index (χ1v) is 8.53. The van der Waals surface area contributed by atoms with Gasteiger partial charge in [0, 0.05) is 11.8 Å². The van der Waals surface area contributed by atoms with Crippen LogP contribution in [0.4, 0.5) is 10.1 Å². The van der Waals surface area contributed by atoms with Crippen molar-refractivity contribution in [1.29, 1.82) is 0 Å². The molecule has 0 radical (unpaired) electrons. The van der Waals surface area contributed by atoms with Crippen molar-refractivity contribution in [2.24, 2.45) is 0 Å². The third kappa shape index (κ3) is 3.45. The summed E-state index contributed by atoms with van der Waals surface area (Å²) in [6, 6.07) is 8.45. The van der Waals surface area contributed by atoms with Gasteiger partial charge in [-0.25, -0.2) is 12.8 Å². The highest BCUT2D eigenvalue weighted by atomic mass is 35.5. The van der Waals surface area contributed by atoms with Crippen LogP contribution < -0.4 is 5.32 Å². The van der Waals surface area contributed by atoms with Crippen molar-refractivity contribution in [1.82, 2.24) is 0 Å². The van der Waals surface area contributed by atoms with E-state index >= 15 is 0 Å². The van der Waals surface area contributed by atoms with Crippen molar-refractivity contribution in [3.8, 4) is 0 Å². The minimum atomic E-state index is -3.44. The van der Waals surface area contributed by atoms with Crippen LogP contribution in [0.25, 0.3) is 0 Å². The summed E-state index contributed by atoms with van der Waals surface area (Å²) in [7, 11) is -3.44. The van der Waals surface area contributed by atoms with Gasteiger partial charge in [-0.05, 0) is 36.8 Å². The summed E-state index contributed by atoms with van der Waals surface area (Å²) < 4.78 is 36.9. The maximum atomic E-state index is 13.8. The lowest BCUT2D eigenvalue weighted by molar-refractivity contribution is 0.102. The number of anilines is 1. The fourth-order valence-electron chi connectivity index (χ4n) is 1.87. The average Bonchev–Trinajstić information content (AvgIpc) is 2.43. The van der Waals surface area contributed by atoms with Crippen LogP contribution in [0.2, 0.25) is 5.02 Å². The number of rotatable bonds is 3. The molecule has 2 aromatic carbocycles. The molecule has 116 valence electrons. The molecule has 0 aromatic heterocycles. The highest BCUT2D eigenvalue weighted by Gasteiger charge is 2.16. The first kappa shape index (κ1) is 16.5. The standard InChI is InChI=1S/C15H13ClFNO3S/c1-9-6-7-10(22(2,20)21)8-11(9)15(19)18-13-5-3-4-12(16)14(13)17/h3-8H,1-2H3,(H,18,19). The van der Waals surface area contributed by atoms with Gasteiger partial charge < -0.3 is 5.32 Å². The molecule has 0 aliphatic heterocycles. The highest BCUT2D eigenvalue weighted by Crippen LogP contribution is 2.23. The molecule has 4 nitrogen and oxygen atoms in total. The van der Waals surface area contributed by atoms with Crippen LogP contribution in [0.15, 0.2) is 41.3 Å². The predicted molar refractivity (Wildman–Crippen MR) is 83.7 cm³/mol. The molecule has 2 rings (SSSR count). The third-order valence-corrected chi connectivity index (χ3v) is 4.48. The van der Waals surface area contributed by atoms with Crippen molar-refractivity contribution >= 4 is 33.0 Å². The van der Waals surface area contributed by atoms with Gasteiger partial charge in [-0.15, -0.1) is 0 Å². The SMILES string of the molecule is Cc1ccc(S(C)(=O)=O)cc1C(=O)Nc1cccc(Cl)c1F. The van der Waals surface area contributed by atoms with Gasteiger partial charge in [0.1, 0.15) is 0 Å². The van der Waals surface area contributed by atoms with Gasteiger partial charge in [0.05, 0.1) is 15.6 Å². The predicted octanol–water partition coefficient (Wildman–Crippen LogP) is 3.44. The van der Waals surface area contributed by atoms with Crippen LogP contribution in [-0.4, -0.2) is 20.6 Å². The number of carbonyl (C=O) groups excluding carboxylic acids is 1. The second-order valence-electron chi connectivity index (χ2n) is 4.80. The monoisotopic (exact) mass is 341 g/mol.